The van der Waals surface area contributed by atoms with Crippen LogP contribution in [0, 0.1) is 12.8 Å². The van der Waals surface area contributed by atoms with Gasteiger partial charge in [-0.2, -0.15) is 0 Å². The molecule has 0 atom stereocenters. The van der Waals surface area contributed by atoms with Crippen LogP contribution >= 0.6 is 0 Å². The Morgan fingerprint density at radius 2 is 2.04 bits per heavy atom. The van der Waals surface area contributed by atoms with Crippen molar-refractivity contribution in [2.45, 2.75) is 19.8 Å². The molecule has 1 fully saturated rings. The lowest BCUT2D eigenvalue weighted by atomic mass is 9.98. The Kier molecular flexibility index (Phi) is 5.02. The van der Waals surface area contributed by atoms with Crippen molar-refractivity contribution in [1.82, 2.24) is 20.3 Å². The first-order valence-corrected chi connectivity index (χ1v) is 9.36. The van der Waals surface area contributed by atoms with E-state index in [0.29, 0.717) is 22.9 Å². The molecule has 4 heterocycles. The number of nitrogens with one attached hydrogen (secondary N) is 4. The molecule has 1 aliphatic heterocycles. The Morgan fingerprint density at radius 3 is 2.85 bits per heavy atom. The van der Waals surface area contributed by atoms with E-state index >= 15 is 0 Å². The Labute approximate surface area is 157 Å². The van der Waals surface area contributed by atoms with Gasteiger partial charge < -0.3 is 20.9 Å². The quantitative estimate of drug-likeness (QED) is 0.556. The Balaban J connectivity index is 1.65. The van der Waals surface area contributed by atoms with E-state index in [4.69, 9.17) is 0 Å². The fraction of sp³-hybridized carbons (Fsp3) is 0.350. The van der Waals surface area contributed by atoms with E-state index < -0.39 is 0 Å². The van der Waals surface area contributed by atoms with E-state index in [2.05, 4.69) is 30.9 Å². The second-order valence-corrected chi connectivity index (χ2v) is 7.04. The first-order chi connectivity index (χ1) is 13.2. The highest BCUT2D eigenvalue weighted by Gasteiger charge is 2.15. The molecule has 1 saturated heterocycles. The summed E-state index contributed by atoms with van der Waals surface area (Å²) in [6.07, 6.45) is 5.69. The Hall–Kier alpha value is -2.93. The zero-order valence-corrected chi connectivity index (χ0v) is 15.4. The molecular formula is C20H24N6O. The van der Waals surface area contributed by atoms with Crippen molar-refractivity contribution in [3.63, 3.8) is 0 Å². The first-order valence-electron chi connectivity index (χ1n) is 9.36. The number of anilines is 3. The third-order valence-electron chi connectivity index (χ3n) is 4.94. The molecule has 0 aliphatic carbocycles. The van der Waals surface area contributed by atoms with Gasteiger partial charge in [-0.1, -0.05) is 0 Å². The Bertz CT molecular complexity index is 993. The van der Waals surface area contributed by atoms with Crippen molar-refractivity contribution in [2.75, 3.05) is 30.3 Å². The number of rotatable bonds is 5. The van der Waals surface area contributed by atoms with E-state index in [0.717, 1.165) is 49.2 Å². The molecule has 0 unspecified atom stereocenters. The smallest absolute Gasteiger partial charge is 0.259 e. The maximum atomic E-state index is 12.4. The molecule has 3 aromatic rings. The molecule has 7 nitrogen and oxygen atoms in total. The van der Waals surface area contributed by atoms with Crippen LogP contribution in [0.5, 0.6) is 0 Å². The molecule has 0 bridgehead atoms. The number of nitrogens with zero attached hydrogens (tertiary/aromatic N) is 2. The summed E-state index contributed by atoms with van der Waals surface area (Å²) in [5.41, 5.74) is 0.988. The molecule has 0 saturated carbocycles. The molecule has 0 amide bonds. The second kappa shape index (κ2) is 7.75. The van der Waals surface area contributed by atoms with Crippen molar-refractivity contribution in [3.8, 4) is 0 Å². The van der Waals surface area contributed by atoms with Gasteiger partial charge in [0.1, 0.15) is 17.5 Å². The molecule has 27 heavy (non-hydrogen) atoms. The number of hydrogen-bond donors (Lipinski definition) is 4. The zero-order valence-electron chi connectivity index (χ0n) is 15.4. The van der Waals surface area contributed by atoms with Crippen LogP contribution in [0.3, 0.4) is 0 Å². The Morgan fingerprint density at radius 1 is 1.19 bits per heavy atom. The number of piperidine rings is 1. The summed E-state index contributed by atoms with van der Waals surface area (Å²) in [5.74, 6) is 2.60. The lowest BCUT2D eigenvalue weighted by molar-refractivity contribution is 0.389. The maximum absolute atomic E-state index is 12.4. The fourth-order valence-electron chi connectivity index (χ4n) is 3.47. The second-order valence-electron chi connectivity index (χ2n) is 7.04. The summed E-state index contributed by atoms with van der Waals surface area (Å²) in [5, 5.41) is 11.5. The summed E-state index contributed by atoms with van der Waals surface area (Å²) < 4.78 is 0. The lowest BCUT2D eigenvalue weighted by Crippen LogP contribution is -2.31. The number of pyridine rings is 3. The third-order valence-corrected chi connectivity index (χ3v) is 4.94. The SMILES string of the molecule is Cc1ccnc(Nc2cc3cc[nH]c(=O)c3c(NCC3CCNCC3)n2)c1. The number of aromatic nitrogens is 3. The van der Waals surface area contributed by atoms with Crippen LogP contribution in [0.4, 0.5) is 17.5 Å². The largest absolute Gasteiger partial charge is 0.369 e. The number of aromatic amines is 1. The van der Waals surface area contributed by atoms with Gasteiger partial charge in [-0.05, 0) is 74.0 Å². The van der Waals surface area contributed by atoms with Crippen LogP contribution in [0.25, 0.3) is 10.8 Å². The molecule has 1 aliphatic rings. The molecule has 0 radical (unpaired) electrons. The van der Waals surface area contributed by atoms with Crippen LogP contribution in [-0.4, -0.2) is 34.6 Å². The minimum absolute atomic E-state index is 0.131. The van der Waals surface area contributed by atoms with Gasteiger partial charge in [-0.3, -0.25) is 4.79 Å². The first kappa shape index (κ1) is 17.5. The third kappa shape index (κ3) is 4.09. The van der Waals surface area contributed by atoms with E-state index in [1.54, 1.807) is 12.4 Å². The van der Waals surface area contributed by atoms with Crippen molar-refractivity contribution < 1.29 is 0 Å². The standard InChI is InChI=1S/C20H24N6O/c1-13-2-8-22-16(10-13)25-17-11-15-5-9-23-20(27)18(15)19(26-17)24-12-14-3-6-21-7-4-14/h2,5,8-11,14,21H,3-4,6-7,12H2,1H3,(H,23,27)(H2,22,24,25,26). The maximum Gasteiger partial charge on any atom is 0.259 e. The normalized spacial score (nSPS) is 15.0. The van der Waals surface area contributed by atoms with Gasteiger partial charge in [0.15, 0.2) is 0 Å². The highest BCUT2D eigenvalue weighted by Crippen LogP contribution is 2.24. The van der Waals surface area contributed by atoms with Gasteiger partial charge in [-0.25, -0.2) is 9.97 Å². The highest BCUT2D eigenvalue weighted by atomic mass is 16.1. The summed E-state index contributed by atoms with van der Waals surface area (Å²) in [7, 11) is 0. The predicted octanol–water partition coefficient (Wildman–Crippen LogP) is 2.78. The number of aryl methyl sites for hydroxylation is 1. The average molecular weight is 364 g/mol. The fourth-order valence-corrected chi connectivity index (χ4v) is 3.47. The van der Waals surface area contributed by atoms with Crippen molar-refractivity contribution >= 4 is 28.2 Å². The lowest BCUT2D eigenvalue weighted by Gasteiger charge is -2.23. The number of fused-ring (bicyclic) bond motifs is 1. The topological polar surface area (TPSA) is 94.7 Å². The van der Waals surface area contributed by atoms with Gasteiger partial charge in [-0.15, -0.1) is 0 Å². The molecule has 4 rings (SSSR count). The summed E-state index contributed by atoms with van der Waals surface area (Å²) in [6.45, 7) is 4.92. The molecular weight excluding hydrogens is 340 g/mol. The van der Waals surface area contributed by atoms with Gasteiger partial charge in [0.2, 0.25) is 0 Å². The van der Waals surface area contributed by atoms with E-state index in [1.807, 2.05) is 31.2 Å². The number of hydrogen-bond acceptors (Lipinski definition) is 6. The highest BCUT2D eigenvalue weighted by molar-refractivity contribution is 5.93. The van der Waals surface area contributed by atoms with Crippen LogP contribution < -0.4 is 21.5 Å². The van der Waals surface area contributed by atoms with Gasteiger partial charge in [0.05, 0.1) is 5.39 Å². The van der Waals surface area contributed by atoms with Gasteiger partial charge in [0, 0.05) is 18.9 Å². The van der Waals surface area contributed by atoms with Crippen LogP contribution in [0.15, 0.2) is 41.5 Å². The average Bonchev–Trinajstić information content (AvgIpc) is 2.67. The van der Waals surface area contributed by atoms with Crippen LogP contribution in [0.1, 0.15) is 18.4 Å². The molecule has 140 valence electrons. The summed E-state index contributed by atoms with van der Waals surface area (Å²) in [4.78, 5) is 24.1. The minimum atomic E-state index is -0.131. The van der Waals surface area contributed by atoms with Gasteiger partial charge >= 0.3 is 0 Å². The van der Waals surface area contributed by atoms with Crippen molar-refractivity contribution in [3.05, 3.63) is 52.6 Å². The summed E-state index contributed by atoms with van der Waals surface area (Å²) >= 11 is 0. The molecule has 0 aromatic carbocycles. The van der Waals surface area contributed by atoms with Crippen molar-refractivity contribution in [2.24, 2.45) is 5.92 Å². The van der Waals surface area contributed by atoms with Crippen LogP contribution in [-0.2, 0) is 0 Å². The van der Waals surface area contributed by atoms with E-state index in [9.17, 15) is 4.79 Å². The van der Waals surface area contributed by atoms with E-state index in [1.165, 1.54) is 0 Å². The van der Waals surface area contributed by atoms with Crippen LogP contribution in [0.2, 0.25) is 0 Å². The van der Waals surface area contributed by atoms with Crippen molar-refractivity contribution in [1.29, 1.82) is 0 Å². The zero-order chi connectivity index (χ0) is 18.6. The predicted molar refractivity (Wildman–Crippen MR) is 109 cm³/mol. The molecule has 0 spiro atoms. The van der Waals surface area contributed by atoms with E-state index in [-0.39, 0.29) is 5.56 Å². The monoisotopic (exact) mass is 364 g/mol. The number of H-pyrrole nitrogens is 1. The minimum Gasteiger partial charge on any atom is -0.369 e. The summed E-state index contributed by atoms with van der Waals surface area (Å²) in [6, 6.07) is 7.68. The molecule has 7 heteroatoms. The molecule has 3 aromatic heterocycles. The molecule has 4 N–H and O–H groups in total. The van der Waals surface area contributed by atoms with Gasteiger partial charge in [0.25, 0.3) is 5.56 Å².